The Balaban J connectivity index is 2.50. The number of benzene rings is 1. The van der Waals surface area contributed by atoms with Gasteiger partial charge in [0.1, 0.15) is 11.4 Å². The zero-order chi connectivity index (χ0) is 14.9. The Morgan fingerprint density at radius 1 is 1.45 bits per heavy atom. The van der Waals surface area contributed by atoms with Crippen LogP contribution in [0.1, 0.15) is 17.0 Å². The van der Waals surface area contributed by atoms with Crippen molar-refractivity contribution in [2.45, 2.75) is 13.8 Å². The monoisotopic (exact) mass is 294 g/mol. The van der Waals surface area contributed by atoms with Crippen molar-refractivity contribution in [1.29, 1.82) is 0 Å². The molecule has 0 aliphatic rings. The van der Waals surface area contributed by atoms with Crippen LogP contribution in [0.25, 0.3) is 0 Å². The lowest BCUT2D eigenvalue weighted by atomic mass is 10.2. The average molecular weight is 295 g/mol. The van der Waals surface area contributed by atoms with Crippen molar-refractivity contribution < 1.29 is 9.94 Å². The van der Waals surface area contributed by atoms with E-state index in [1.54, 1.807) is 22.9 Å². The lowest BCUT2D eigenvalue weighted by molar-refractivity contribution is 0.318. The molecule has 0 unspecified atom stereocenters. The first-order chi connectivity index (χ1) is 9.43. The Kier molecular flexibility index (Phi) is 3.85. The topological polar surface area (TPSA) is 85.7 Å². The minimum absolute atomic E-state index is 0.0455. The van der Waals surface area contributed by atoms with Crippen molar-refractivity contribution in [3.63, 3.8) is 0 Å². The van der Waals surface area contributed by atoms with Crippen molar-refractivity contribution >= 4 is 17.4 Å². The molecule has 6 nitrogen and oxygen atoms in total. The summed E-state index contributed by atoms with van der Waals surface area (Å²) in [4.78, 5) is 0. The third-order valence-electron chi connectivity index (χ3n) is 2.98. The van der Waals surface area contributed by atoms with Gasteiger partial charge in [0.05, 0.1) is 11.3 Å². The van der Waals surface area contributed by atoms with Gasteiger partial charge >= 0.3 is 0 Å². The second kappa shape index (κ2) is 5.42. The number of aryl methyl sites for hydroxylation is 2. The highest BCUT2D eigenvalue weighted by Gasteiger charge is 2.16. The molecule has 3 N–H and O–H groups in total. The number of rotatable bonds is 3. The third kappa shape index (κ3) is 2.55. The quantitative estimate of drug-likeness (QED) is 0.394. The predicted octanol–water partition coefficient (Wildman–Crippen LogP) is 2.58. The van der Waals surface area contributed by atoms with Gasteiger partial charge in [-0.15, -0.1) is 0 Å². The maximum atomic E-state index is 8.82. The molecule has 0 atom stereocenters. The number of ether oxygens (including phenoxy) is 1. The molecule has 1 aromatic heterocycles. The molecule has 0 saturated heterocycles. The van der Waals surface area contributed by atoms with Gasteiger partial charge in [0.2, 0.25) is 0 Å². The highest BCUT2D eigenvalue weighted by atomic mass is 35.5. The minimum atomic E-state index is -0.0455. The molecule has 7 heteroatoms. The summed E-state index contributed by atoms with van der Waals surface area (Å²) in [6, 6.07) is 4.89. The van der Waals surface area contributed by atoms with Crippen molar-refractivity contribution in [2.24, 2.45) is 17.9 Å². The number of hydrogen-bond donors (Lipinski definition) is 2. The molecule has 20 heavy (non-hydrogen) atoms. The van der Waals surface area contributed by atoms with Gasteiger partial charge in [0.25, 0.3) is 0 Å². The molecule has 1 aromatic carbocycles. The third-order valence-corrected chi connectivity index (χ3v) is 3.22. The van der Waals surface area contributed by atoms with E-state index in [2.05, 4.69) is 10.3 Å². The second-order valence-corrected chi connectivity index (χ2v) is 4.79. The van der Waals surface area contributed by atoms with E-state index >= 15 is 0 Å². The molecule has 2 aromatic rings. The molecule has 0 spiro atoms. The van der Waals surface area contributed by atoms with Gasteiger partial charge in [-0.05, 0) is 26.0 Å². The van der Waals surface area contributed by atoms with Crippen LogP contribution in [0, 0.1) is 13.8 Å². The number of nitrogens with zero attached hydrogens (tertiary/aromatic N) is 3. The lowest BCUT2D eigenvalue weighted by Gasteiger charge is -2.11. The summed E-state index contributed by atoms with van der Waals surface area (Å²) in [5, 5.41) is 16.6. The summed E-state index contributed by atoms with van der Waals surface area (Å²) < 4.78 is 7.58. The van der Waals surface area contributed by atoms with E-state index in [1.807, 2.05) is 20.9 Å². The normalized spacial score (nSPS) is 11.7. The first-order valence-electron chi connectivity index (χ1n) is 5.89. The number of nitrogens with two attached hydrogens (primary N) is 1. The van der Waals surface area contributed by atoms with Crippen LogP contribution in [0.15, 0.2) is 23.4 Å². The van der Waals surface area contributed by atoms with Gasteiger partial charge in [-0.1, -0.05) is 16.8 Å². The van der Waals surface area contributed by atoms with E-state index in [4.69, 9.17) is 27.3 Å². The Hall–Kier alpha value is -2.21. The largest absolute Gasteiger partial charge is 0.453 e. The molecule has 0 saturated carbocycles. The van der Waals surface area contributed by atoms with Crippen molar-refractivity contribution in [1.82, 2.24) is 9.78 Å². The smallest absolute Gasteiger partial charge is 0.173 e. The SMILES string of the molecule is Cc1nn(C)c(C)c1Oc1cc(Cl)ccc1C(N)=NO. The average Bonchev–Trinajstić information content (AvgIpc) is 2.65. The second-order valence-electron chi connectivity index (χ2n) is 4.35. The van der Waals surface area contributed by atoms with Gasteiger partial charge < -0.3 is 15.7 Å². The van der Waals surface area contributed by atoms with Crippen LogP contribution in [0.3, 0.4) is 0 Å². The fourth-order valence-electron chi connectivity index (χ4n) is 1.86. The van der Waals surface area contributed by atoms with Gasteiger partial charge in [-0.25, -0.2) is 0 Å². The molecule has 0 aliphatic heterocycles. The summed E-state index contributed by atoms with van der Waals surface area (Å²) in [5.74, 6) is 0.990. The number of amidine groups is 1. The first-order valence-corrected chi connectivity index (χ1v) is 6.27. The maximum Gasteiger partial charge on any atom is 0.173 e. The van der Waals surface area contributed by atoms with Crippen LogP contribution in [-0.4, -0.2) is 20.8 Å². The molecular weight excluding hydrogens is 280 g/mol. The fraction of sp³-hybridized carbons (Fsp3) is 0.231. The zero-order valence-corrected chi connectivity index (χ0v) is 12.1. The molecular formula is C13H15ClN4O2. The van der Waals surface area contributed by atoms with E-state index < -0.39 is 0 Å². The van der Waals surface area contributed by atoms with Gasteiger partial charge in [0, 0.05) is 18.1 Å². The van der Waals surface area contributed by atoms with Crippen LogP contribution in [0.5, 0.6) is 11.5 Å². The highest BCUT2D eigenvalue weighted by Crippen LogP contribution is 2.32. The van der Waals surface area contributed by atoms with Crippen LogP contribution < -0.4 is 10.5 Å². The molecule has 0 amide bonds. The van der Waals surface area contributed by atoms with E-state index in [1.165, 1.54) is 0 Å². The Morgan fingerprint density at radius 2 is 2.15 bits per heavy atom. The Morgan fingerprint density at radius 3 is 2.70 bits per heavy atom. The van der Waals surface area contributed by atoms with Gasteiger partial charge in [-0.3, -0.25) is 4.68 Å². The van der Waals surface area contributed by atoms with Crippen molar-refractivity contribution in [2.75, 3.05) is 0 Å². The van der Waals surface area contributed by atoms with Crippen LogP contribution in [-0.2, 0) is 7.05 Å². The summed E-state index contributed by atoms with van der Waals surface area (Å²) in [7, 11) is 1.83. The number of aromatic nitrogens is 2. The Bertz CT molecular complexity index is 679. The van der Waals surface area contributed by atoms with Crippen LogP contribution in [0.4, 0.5) is 0 Å². The summed E-state index contributed by atoms with van der Waals surface area (Å²) >= 11 is 5.97. The minimum Gasteiger partial charge on any atom is -0.453 e. The molecule has 0 radical (unpaired) electrons. The predicted molar refractivity (Wildman–Crippen MR) is 76.7 cm³/mol. The van der Waals surface area contributed by atoms with E-state index in [-0.39, 0.29) is 5.84 Å². The highest BCUT2D eigenvalue weighted by molar-refractivity contribution is 6.30. The maximum absolute atomic E-state index is 8.82. The van der Waals surface area contributed by atoms with E-state index in [0.717, 1.165) is 11.4 Å². The number of hydrogen-bond acceptors (Lipinski definition) is 4. The van der Waals surface area contributed by atoms with E-state index in [0.29, 0.717) is 22.1 Å². The molecule has 0 fully saturated rings. The van der Waals surface area contributed by atoms with Crippen molar-refractivity contribution in [3.05, 3.63) is 40.2 Å². The summed E-state index contributed by atoms with van der Waals surface area (Å²) in [6.45, 7) is 3.74. The molecule has 0 bridgehead atoms. The Labute approximate surface area is 121 Å². The lowest BCUT2D eigenvalue weighted by Crippen LogP contribution is -2.14. The molecule has 2 rings (SSSR count). The first kappa shape index (κ1) is 14.2. The standard InChI is InChI=1S/C13H15ClN4O2/c1-7-12(8(2)18(3)16-7)20-11-6-9(14)4-5-10(11)13(15)17-19/h4-6,19H,1-3H3,(H2,15,17). The van der Waals surface area contributed by atoms with E-state index in [9.17, 15) is 0 Å². The number of oxime groups is 1. The molecule has 1 heterocycles. The van der Waals surface area contributed by atoms with Gasteiger partial charge in [-0.2, -0.15) is 5.10 Å². The summed E-state index contributed by atoms with van der Waals surface area (Å²) in [5.41, 5.74) is 7.71. The molecule has 106 valence electrons. The van der Waals surface area contributed by atoms with Gasteiger partial charge in [0.15, 0.2) is 11.6 Å². The summed E-state index contributed by atoms with van der Waals surface area (Å²) in [6.07, 6.45) is 0. The fourth-order valence-corrected chi connectivity index (χ4v) is 2.02. The zero-order valence-electron chi connectivity index (χ0n) is 11.4. The van der Waals surface area contributed by atoms with Crippen LogP contribution in [0.2, 0.25) is 5.02 Å². The van der Waals surface area contributed by atoms with Crippen LogP contribution >= 0.6 is 11.6 Å². The molecule has 0 aliphatic carbocycles. The number of halogens is 1. The van der Waals surface area contributed by atoms with Crippen molar-refractivity contribution in [3.8, 4) is 11.5 Å².